The van der Waals surface area contributed by atoms with Crippen molar-refractivity contribution >= 4 is 26.9 Å². The van der Waals surface area contributed by atoms with Gasteiger partial charge in [-0.05, 0) is 37.1 Å². The third kappa shape index (κ3) is 3.25. The van der Waals surface area contributed by atoms with Gasteiger partial charge in [-0.3, -0.25) is 0 Å². The lowest BCUT2D eigenvalue weighted by Gasteiger charge is -2.20. The van der Waals surface area contributed by atoms with Crippen molar-refractivity contribution in [2.75, 3.05) is 13.1 Å². The minimum atomic E-state index is -3.50. The van der Waals surface area contributed by atoms with E-state index >= 15 is 0 Å². The SMILES string of the molecule is O=C([O-])Cn1ccc2cc(S(=O)(=O)N3CCCCCC3)ccc21. The highest BCUT2D eigenvalue weighted by Gasteiger charge is 2.25. The Balaban J connectivity index is 1.94. The minimum Gasteiger partial charge on any atom is -0.548 e. The molecule has 0 aliphatic carbocycles. The molecule has 1 aromatic carbocycles. The number of rotatable bonds is 4. The monoisotopic (exact) mass is 335 g/mol. The molecular formula is C16H19N2O4S-. The molecule has 7 heteroatoms. The molecule has 0 unspecified atom stereocenters. The summed E-state index contributed by atoms with van der Waals surface area (Å²) < 4.78 is 28.7. The zero-order valence-corrected chi connectivity index (χ0v) is 13.6. The highest BCUT2D eigenvalue weighted by Crippen LogP contribution is 2.24. The third-order valence-corrected chi connectivity index (χ3v) is 6.14. The molecule has 1 saturated heterocycles. The summed E-state index contributed by atoms with van der Waals surface area (Å²) in [6.07, 6.45) is 5.55. The highest BCUT2D eigenvalue weighted by atomic mass is 32.2. The lowest BCUT2D eigenvalue weighted by Crippen LogP contribution is -2.31. The Bertz CT molecular complexity index is 818. The number of aliphatic carboxylic acids is 1. The lowest BCUT2D eigenvalue weighted by atomic mass is 10.2. The van der Waals surface area contributed by atoms with Crippen molar-refractivity contribution in [1.82, 2.24) is 8.87 Å². The number of carboxylic acids is 1. The van der Waals surface area contributed by atoms with E-state index in [1.807, 2.05) is 0 Å². The predicted molar refractivity (Wildman–Crippen MR) is 84.2 cm³/mol. The third-order valence-electron chi connectivity index (χ3n) is 4.24. The Hall–Kier alpha value is -1.86. The Morgan fingerprint density at radius 2 is 1.78 bits per heavy atom. The summed E-state index contributed by atoms with van der Waals surface area (Å²) in [6.45, 7) is 0.875. The maximum atomic E-state index is 12.8. The van der Waals surface area contributed by atoms with Gasteiger partial charge < -0.3 is 14.5 Å². The van der Waals surface area contributed by atoms with Crippen LogP contribution in [0.4, 0.5) is 0 Å². The summed E-state index contributed by atoms with van der Waals surface area (Å²) in [5.74, 6) is -1.18. The minimum absolute atomic E-state index is 0.248. The van der Waals surface area contributed by atoms with Gasteiger partial charge in [-0.25, -0.2) is 8.42 Å². The molecular weight excluding hydrogens is 316 g/mol. The number of carbonyl (C=O) groups is 1. The second-order valence-electron chi connectivity index (χ2n) is 5.85. The molecule has 0 saturated carbocycles. The van der Waals surface area contributed by atoms with Crippen LogP contribution in [0.25, 0.3) is 10.9 Å². The number of sulfonamides is 1. The van der Waals surface area contributed by atoms with Crippen LogP contribution in [-0.2, 0) is 21.4 Å². The van der Waals surface area contributed by atoms with Crippen LogP contribution in [-0.4, -0.2) is 36.3 Å². The number of carboxylic acid groups (broad SMARTS) is 1. The zero-order chi connectivity index (χ0) is 16.4. The van der Waals surface area contributed by atoms with Gasteiger partial charge in [0.25, 0.3) is 0 Å². The van der Waals surface area contributed by atoms with Gasteiger partial charge in [-0.15, -0.1) is 0 Å². The smallest absolute Gasteiger partial charge is 0.243 e. The Labute approximate surface area is 135 Å². The van der Waals surface area contributed by atoms with Crippen molar-refractivity contribution in [2.45, 2.75) is 37.1 Å². The highest BCUT2D eigenvalue weighted by molar-refractivity contribution is 7.89. The summed E-state index contributed by atoms with van der Waals surface area (Å²) in [4.78, 5) is 11.0. The largest absolute Gasteiger partial charge is 0.548 e. The normalized spacial score (nSPS) is 17.2. The second-order valence-corrected chi connectivity index (χ2v) is 7.79. The van der Waals surface area contributed by atoms with E-state index < -0.39 is 16.0 Å². The average Bonchev–Trinajstić information content (AvgIpc) is 2.74. The number of hydrogen-bond donors (Lipinski definition) is 0. The van der Waals surface area contributed by atoms with E-state index in [4.69, 9.17) is 0 Å². The standard InChI is InChI=1S/C16H20N2O4S/c19-16(20)12-17-10-7-13-11-14(5-6-15(13)17)23(21,22)18-8-3-1-2-4-9-18/h5-7,10-11H,1-4,8-9,12H2,(H,19,20)/p-1. The van der Waals surface area contributed by atoms with Crippen LogP contribution in [0.3, 0.4) is 0 Å². The first kappa shape index (κ1) is 16.0. The van der Waals surface area contributed by atoms with Gasteiger partial charge in [0.05, 0.1) is 17.4 Å². The van der Waals surface area contributed by atoms with E-state index in [2.05, 4.69) is 0 Å². The first-order valence-electron chi connectivity index (χ1n) is 7.77. The van der Waals surface area contributed by atoms with Gasteiger partial charge >= 0.3 is 0 Å². The summed E-state index contributed by atoms with van der Waals surface area (Å²) in [5.41, 5.74) is 0.684. The van der Waals surface area contributed by atoms with Gasteiger partial charge in [0.1, 0.15) is 0 Å². The van der Waals surface area contributed by atoms with Crippen LogP contribution in [0, 0.1) is 0 Å². The Morgan fingerprint density at radius 1 is 1.09 bits per heavy atom. The first-order valence-corrected chi connectivity index (χ1v) is 9.21. The molecule has 6 nitrogen and oxygen atoms in total. The van der Waals surface area contributed by atoms with E-state index in [0.29, 0.717) is 24.0 Å². The molecule has 1 aliphatic rings. The van der Waals surface area contributed by atoms with Gasteiger partial charge in [-0.1, -0.05) is 12.8 Å². The fourth-order valence-corrected chi connectivity index (χ4v) is 4.60. The van der Waals surface area contributed by atoms with E-state index in [-0.39, 0.29) is 11.4 Å². The van der Waals surface area contributed by atoms with Crippen molar-refractivity contribution < 1.29 is 18.3 Å². The molecule has 0 spiro atoms. The van der Waals surface area contributed by atoms with Gasteiger partial charge in [-0.2, -0.15) is 4.31 Å². The van der Waals surface area contributed by atoms with Crippen molar-refractivity contribution in [3.63, 3.8) is 0 Å². The molecule has 1 aliphatic heterocycles. The molecule has 0 bridgehead atoms. The number of hydrogen-bond acceptors (Lipinski definition) is 4. The van der Waals surface area contributed by atoms with Crippen molar-refractivity contribution in [3.8, 4) is 0 Å². The molecule has 1 fully saturated rings. The summed E-state index contributed by atoms with van der Waals surface area (Å²) >= 11 is 0. The molecule has 0 radical (unpaired) electrons. The fraction of sp³-hybridized carbons (Fsp3) is 0.438. The summed E-state index contributed by atoms with van der Waals surface area (Å²) in [7, 11) is -3.50. The molecule has 1 aromatic heterocycles. The Kier molecular flexibility index (Phi) is 4.41. The first-order chi connectivity index (χ1) is 11.0. The van der Waals surface area contributed by atoms with Gasteiger partial charge in [0.2, 0.25) is 10.0 Å². The molecule has 0 N–H and O–H groups in total. The van der Waals surface area contributed by atoms with E-state index in [1.54, 1.807) is 34.8 Å². The topological polar surface area (TPSA) is 82.4 Å². The van der Waals surface area contributed by atoms with Crippen molar-refractivity contribution in [3.05, 3.63) is 30.5 Å². The van der Waals surface area contributed by atoms with Crippen molar-refractivity contribution in [2.24, 2.45) is 0 Å². The fourth-order valence-electron chi connectivity index (χ4n) is 3.05. The maximum Gasteiger partial charge on any atom is 0.243 e. The number of fused-ring (bicyclic) bond motifs is 1. The van der Waals surface area contributed by atoms with Crippen LogP contribution in [0.15, 0.2) is 35.4 Å². The number of nitrogens with zero attached hydrogens (tertiary/aromatic N) is 2. The van der Waals surface area contributed by atoms with Crippen molar-refractivity contribution in [1.29, 1.82) is 0 Å². The predicted octanol–water partition coefficient (Wildman–Crippen LogP) is 0.956. The molecule has 2 heterocycles. The zero-order valence-electron chi connectivity index (χ0n) is 12.8. The lowest BCUT2D eigenvalue weighted by molar-refractivity contribution is -0.306. The van der Waals surface area contributed by atoms with E-state index in [9.17, 15) is 18.3 Å². The molecule has 2 aromatic rings. The number of benzene rings is 1. The van der Waals surface area contributed by atoms with Gasteiger partial charge in [0.15, 0.2) is 0 Å². The Morgan fingerprint density at radius 3 is 2.43 bits per heavy atom. The van der Waals surface area contributed by atoms with E-state index in [1.165, 1.54) is 4.57 Å². The molecule has 3 rings (SSSR count). The molecule has 0 amide bonds. The summed E-state index contributed by atoms with van der Waals surface area (Å²) in [5, 5.41) is 11.5. The summed E-state index contributed by atoms with van der Waals surface area (Å²) in [6, 6.07) is 6.54. The second kappa shape index (κ2) is 6.33. The maximum absolute atomic E-state index is 12.8. The molecule has 23 heavy (non-hydrogen) atoms. The van der Waals surface area contributed by atoms with Gasteiger partial charge in [0, 0.05) is 30.2 Å². The van der Waals surface area contributed by atoms with Crippen LogP contribution in [0.2, 0.25) is 0 Å². The molecule has 0 atom stereocenters. The van der Waals surface area contributed by atoms with Crippen LogP contribution in [0.5, 0.6) is 0 Å². The molecule has 124 valence electrons. The van der Waals surface area contributed by atoms with E-state index in [0.717, 1.165) is 25.7 Å². The van der Waals surface area contributed by atoms with Crippen LogP contribution < -0.4 is 5.11 Å². The number of aromatic nitrogens is 1. The van der Waals surface area contributed by atoms with Crippen LogP contribution >= 0.6 is 0 Å². The quantitative estimate of drug-likeness (QED) is 0.833. The van der Waals surface area contributed by atoms with Crippen LogP contribution in [0.1, 0.15) is 25.7 Å². The average molecular weight is 335 g/mol. The number of carbonyl (C=O) groups excluding carboxylic acids is 1.